The van der Waals surface area contributed by atoms with Crippen molar-refractivity contribution < 1.29 is 13.6 Å². The molecule has 1 aromatic carbocycles. The predicted molar refractivity (Wildman–Crippen MR) is 98.4 cm³/mol. The first-order chi connectivity index (χ1) is 12.5. The standard InChI is InChI=1S/C19H21F2N3OS/c1-13(24-10-8-14-5-2-3-6-15(14)12-24)11-23-17(25)16-7-4-9-22-18(16)26-19(20)21/h2-7,9,13,19H,8,10-12H2,1H3,(H,23,25). The van der Waals surface area contributed by atoms with Gasteiger partial charge in [0, 0.05) is 31.9 Å². The van der Waals surface area contributed by atoms with Gasteiger partial charge in [-0.25, -0.2) is 4.98 Å². The molecule has 26 heavy (non-hydrogen) atoms. The third-order valence-electron chi connectivity index (χ3n) is 4.56. The van der Waals surface area contributed by atoms with Crippen LogP contribution in [0.25, 0.3) is 0 Å². The van der Waals surface area contributed by atoms with Crippen molar-refractivity contribution in [1.29, 1.82) is 0 Å². The van der Waals surface area contributed by atoms with E-state index in [1.807, 2.05) is 6.07 Å². The molecule has 0 aliphatic carbocycles. The molecule has 7 heteroatoms. The van der Waals surface area contributed by atoms with Crippen LogP contribution >= 0.6 is 11.8 Å². The monoisotopic (exact) mass is 377 g/mol. The minimum Gasteiger partial charge on any atom is -0.350 e. The van der Waals surface area contributed by atoms with E-state index in [0.717, 1.165) is 19.5 Å². The molecule has 1 N–H and O–H groups in total. The Balaban J connectivity index is 1.58. The zero-order chi connectivity index (χ0) is 18.5. The third-order valence-corrected chi connectivity index (χ3v) is 5.28. The molecular formula is C19H21F2N3OS. The molecule has 1 atom stereocenters. The largest absolute Gasteiger partial charge is 0.350 e. The maximum atomic E-state index is 12.6. The minimum atomic E-state index is -2.61. The Morgan fingerprint density at radius 3 is 2.81 bits per heavy atom. The van der Waals surface area contributed by atoms with Gasteiger partial charge < -0.3 is 5.32 Å². The SMILES string of the molecule is CC(CNC(=O)c1cccnc1SC(F)F)N1CCc2ccccc2C1. The molecule has 2 heterocycles. The summed E-state index contributed by atoms with van der Waals surface area (Å²) in [6.45, 7) is 4.31. The van der Waals surface area contributed by atoms with Gasteiger partial charge in [-0.05, 0) is 48.4 Å². The number of carbonyl (C=O) groups excluding carboxylic acids is 1. The highest BCUT2D eigenvalue weighted by Gasteiger charge is 2.22. The molecule has 4 nitrogen and oxygen atoms in total. The summed E-state index contributed by atoms with van der Waals surface area (Å²) in [5.41, 5.74) is 2.89. The first kappa shape index (κ1) is 18.8. The number of benzene rings is 1. The number of nitrogens with zero attached hydrogens (tertiary/aromatic N) is 2. The molecule has 0 radical (unpaired) electrons. The van der Waals surface area contributed by atoms with Gasteiger partial charge in [-0.1, -0.05) is 24.3 Å². The van der Waals surface area contributed by atoms with E-state index < -0.39 is 5.76 Å². The number of aromatic nitrogens is 1. The molecule has 138 valence electrons. The fourth-order valence-corrected chi connectivity index (χ4v) is 3.68. The second-order valence-corrected chi connectivity index (χ2v) is 7.26. The van der Waals surface area contributed by atoms with Gasteiger partial charge in [0.1, 0.15) is 5.03 Å². The third kappa shape index (κ3) is 4.59. The van der Waals surface area contributed by atoms with Crippen LogP contribution in [0.5, 0.6) is 0 Å². The lowest BCUT2D eigenvalue weighted by atomic mass is 9.99. The predicted octanol–water partition coefficient (Wildman–Crippen LogP) is 3.57. The summed E-state index contributed by atoms with van der Waals surface area (Å²) < 4.78 is 25.3. The van der Waals surface area contributed by atoms with Crippen molar-refractivity contribution in [3.63, 3.8) is 0 Å². The van der Waals surface area contributed by atoms with E-state index in [4.69, 9.17) is 0 Å². The molecule has 0 saturated carbocycles. The molecule has 1 amide bonds. The average Bonchev–Trinajstić information content (AvgIpc) is 2.65. The van der Waals surface area contributed by atoms with Crippen molar-refractivity contribution in [1.82, 2.24) is 15.2 Å². The van der Waals surface area contributed by atoms with Crippen LogP contribution in [0.4, 0.5) is 8.78 Å². The first-order valence-corrected chi connectivity index (χ1v) is 9.41. The Bertz CT molecular complexity index is 772. The van der Waals surface area contributed by atoms with E-state index in [1.165, 1.54) is 23.4 Å². The summed E-state index contributed by atoms with van der Waals surface area (Å²) in [6.07, 6.45) is 2.40. The number of thioether (sulfide) groups is 1. The quantitative estimate of drug-likeness (QED) is 0.782. The molecule has 3 rings (SSSR count). The maximum Gasteiger partial charge on any atom is 0.290 e. The molecule has 1 aromatic heterocycles. The van der Waals surface area contributed by atoms with Gasteiger partial charge in [-0.3, -0.25) is 9.69 Å². The molecule has 0 fully saturated rings. The molecule has 1 aliphatic rings. The summed E-state index contributed by atoms with van der Waals surface area (Å²) in [5, 5.41) is 2.91. The lowest BCUT2D eigenvalue weighted by Crippen LogP contribution is -2.44. The maximum absolute atomic E-state index is 12.6. The van der Waals surface area contributed by atoms with Gasteiger partial charge in [0.05, 0.1) is 5.56 Å². The fourth-order valence-electron chi connectivity index (χ4n) is 3.10. The molecular weight excluding hydrogens is 356 g/mol. The number of halogens is 2. The second-order valence-electron chi connectivity index (χ2n) is 6.28. The number of alkyl halides is 2. The zero-order valence-corrected chi connectivity index (χ0v) is 15.3. The van der Waals surface area contributed by atoms with E-state index in [-0.39, 0.29) is 22.5 Å². The van der Waals surface area contributed by atoms with Crippen molar-refractivity contribution in [2.75, 3.05) is 13.1 Å². The Hall–Kier alpha value is -1.99. The van der Waals surface area contributed by atoms with E-state index in [9.17, 15) is 13.6 Å². The van der Waals surface area contributed by atoms with Crippen molar-refractivity contribution in [3.8, 4) is 0 Å². The Morgan fingerprint density at radius 2 is 2.04 bits per heavy atom. The van der Waals surface area contributed by atoms with Crippen LogP contribution in [-0.2, 0) is 13.0 Å². The Kier molecular flexibility index (Phi) is 6.21. The van der Waals surface area contributed by atoms with E-state index >= 15 is 0 Å². The highest BCUT2D eigenvalue weighted by atomic mass is 32.2. The number of rotatable bonds is 6. The number of pyridine rings is 1. The Labute approximate surface area is 156 Å². The van der Waals surface area contributed by atoms with Crippen LogP contribution in [-0.4, -0.2) is 40.7 Å². The highest BCUT2D eigenvalue weighted by Crippen LogP contribution is 2.26. The number of amides is 1. The van der Waals surface area contributed by atoms with Crippen LogP contribution < -0.4 is 5.32 Å². The summed E-state index contributed by atoms with van der Waals surface area (Å²) in [6, 6.07) is 11.6. The summed E-state index contributed by atoms with van der Waals surface area (Å²) in [5.74, 6) is -2.98. The summed E-state index contributed by atoms with van der Waals surface area (Å²) in [4.78, 5) is 18.6. The van der Waals surface area contributed by atoms with Crippen LogP contribution in [0.2, 0.25) is 0 Å². The lowest BCUT2D eigenvalue weighted by molar-refractivity contribution is 0.0929. The Morgan fingerprint density at radius 1 is 1.27 bits per heavy atom. The smallest absolute Gasteiger partial charge is 0.290 e. The van der Waals surface area contributed by atoms with Crippen molar-refractivity contribution in [3.05, 3.63) is 59.3 Å². The molecule has 0 spiro atoms. The number of fused-ring (bicyclic) bond motifs is 1. The minimum absolute atomic E-state index is 0.0551. The molecule has 0 saturated heterocycles. The second kappa shape index (κ2) is 8.60. The number of hydrogen-bond acceptors (Lipinski definition) is 4. The van der Waals surface area contributed by atoms with Crippen LogP contribution in [0.3, 0.4) is 0 Å². The summed E-state index contributed by atoms with van der Waals surface area (Å²) in [7, 11) is 0. The fraction of sp³-hybridized carbons (Fsp3) is 0.368. The van der Waals surface area contributed by atoms with Gasteiger partial charge in [-0.15, -0.1) is 0 Å². The van der Waals surface area contributed by atoms with Gasteiger partial charge in [0.2, 0.25) is 0 Å². The van der Waals surface area contributed by atoms with Crippen LogP contribution in [0.1, 0.15) is 28.4 Å². The van der Waals surface area contributed by atoms with E-state index in [1.54, 1.807) is 6.07 Å². The number of nitrogens with one attached hydrogen (secondary N) is 1. The lowest BCUT2D eigenvalue weighted by Gasteiger charge is -2.33. The molecule has 0 bridgehead atoms. The van der Waals surface area contributed by atoms with E-state index in [0.29, 0.717) is 18.3 Å². The van der Waals surface area contributed by atoms with Crippen molar-refractivity contribution in [2.24, 2.45) is 0 Å². The summed E-state index contributed by atoms with van der Waals surface area (Å²) >= 11 is 0.292. The van der Waals surface area contributed by atoms with Gasteiger partial charge in [0.15, 0.2) is 0 Å². The highest BCUT2D eigenvalue weighted by molar-refractivity contribution is 7.99. The van der Waals surface area contributed by atoms with E-state index in [2.05, 4.69) is 40.3 Å². The van der Waals surface area contributed by atoms with Gasteiger partial charge >= 0.3 is 0 Å². The van der Waals surface area contributed by atoms with Crippen molar-refractivity contribution >= 4 is 17.7 Å². The molecule has 2 aromatic rings. The molecule has 1 unspecified atom stereocenters. The number of carbonyl (C=O) groups is 1. The number of hydrogen-bond donors (Lipinski definition) is 1. The first-order valence-electron chi connectivity index (χ1n) is 8.53. The average molecular weight is 377 g/mol. The molecule has 1 aliphatic heterocycles. The topological polar surface area (TPSA) is 45.2 Å². The normalized spacial score (nSPS) is 15.5. The zero-order valence-electron chi connectivity index (χ0n) is 14.5. The van der Waals surface area contributed by atoms with Gasteiger partial charge in [0.25, 0.3) is 11.7 Å². The van der Waals surface area contributed by atoms with Gasteiger partial charge in [-0.2, -0.15) is 8.78 Å². The van der Waals surface area contributed by atoms with Crippen molar-refractivity contribution in [2.45, 2.75) is 36.7 Å². The van der Waals surface area contributed by atoms with Crippen LogP contribution in [0, 0.1) is 0 Å². The van der Waals surface area contributed by atoms with Crippen LogP contribution in [0.15, 0.2) is 47.6 Å².